The van der Waals surface area contributed by atoms with Crippen LogP contribution >= 0.6 is 0 Å². The molecule has 1 spiro atoms. The van der Waals surface area contributed by atoms with Gasteiger partial charge in [-0.15, -0.1) is 0 Å². The number of aliphatic hydroxyl groups is 3. The average molecular weight is 433 g/mol. The maximum Gasteiger partial charge on any atom is 0.0651 e. The minimum Gasteiger partial charge on any atom is -0.393 e. The fraction of sp³-hybridized carbons (Fsp3) is 0.778. The monoisotopic (exact) mass is 432 g/mol. The summed E-state index contributed by atoms with van der Waals surface area (Å²) in [5, 5.41) is 29.6. The van der Waals surface area contributed by atoms with Gasteiger partial charge in [-0.3, -0.25) is 0 Å². The van der Waals surface area contributed by atoms with Gasteiger partial charge in [-0.1, -0.05) is 49.3 Å². The molecule has 0 aliphatic heterocycles. The first kappa shape index (κ1) is 24.7. The summed E-state index contributed by atoms with van der Waals surface area (Å²) in [7, 11) is 0. The summed E-state index contributed by atoms with van der Waals surface area (Å²) in [5.41, 5.74) is 3.18. The highest BCUT2D eigenvalue weighted by molar-refractivity contribution is 5.22. The number of hydrogen-bond donors (Lipinski definition) is 3. The first-order valence-electron chi connectivity index (χ1n) is 12.5. The van der Waals surface area contributed by atoms with Gasteiger partial charge in [-0.25, -0.2) is 0 Å². The zero-order chi connectivity index (χ0) is 22.3. The van der Waals surface area contributed by atoms with Crippen molar-refractivity contribution in [2.75, 3.05) is 6.61 Å². The van der Waals surface area contributed by atoms with E-state index >= 15 is 0 Å². The van der Waals surface area contributed by atoms with Gasteiger partial charge < -0.3 is 20.1 Å². The van der Waals surface area contributed by atoms with E-state index < -0.39 is 12.2 Å². The molecule has 0 aromatic rings. The Balaban J connectivity index is 1.43. The molecule has 31 heavy (non-hydrogen) atoms. The molecule has 0 heterocycles. The van der Waals surface area contributed by atoms with Crippen LogP contribution in [0.25, 0.3) is 0 Å². The molecule has 0 radical (unpaired) electrons. The number of rotatable bonds is 7. The van der Waals surface area contributed by atoms with Crippen LogP contribution in [-0.2, 0) is 4.74 Å². The fourth-order valence-electron chi connectivity index (χ4n) is 5.60. The molecule has 0 amide bonds. The van der Waals surface area contributed by atoms with Gasteiger partial charge in [-0.05, 0) is 88.4 Å². The lowest BCUT2D eigenvalue weighted by Gasteiger charge is -2.43. The van der Waals surface area contributed by atoms with Crippen LogP contribution in [0.1, 0.15) is 90.9 Å². The number of allylic oxidation sites excluding steroid dienone is 3. The molecule has 3 rings (SSSR count). The van der Waals surface area contributed by atoms with Crippen LogP contribution in [0.2, 0.25) is 0 Å². The lowest BCUT2D eigenvalue weighted by molar-refractivity contribution is 0.00271. The molecule has 3 aliphatic carbocycles. The lowest BCUT2D eigenvalue weighted by atomic mass is 9.63. The maximum absolute atomic E-state index is 9.90. The van der Waals surface area contributed by atoms with E-state index in [1.807, 2.05) is 19.9 Å². The van der Waals surface area contributed by atoms with Crippen LogP contribution in [-0.4, -0.2) is 46.3 Å². The van der Waals surface area contributed by atoms with Gasteiger partial charge in [0.1, 0.15) is 0 Å². The first-order chi connectivity index (χ1) is 14.8. The molecule has 0 saturated heterocycles. The van der Waals surface area contributed by atoms with E-state index in [0.717, 1.165) is 12.8 Å². The normalized spacial score (nSPS) is 34.7. The van der Waals surface area contributed by atoms with E-state index in [-0.39, 0.29) is 6.10 Å². The SMILES string of the molecule is CC(C)C(O)C/C=C/COC1CCC2(CCC/C(=C\C=C3C[C@@H](O)C[C@H](O)C3)C2)CC1. The van der Waals surface area contributed by atoms with Crippen LogP contribution < -0.4 is 0 Å². The molecule has 0 aromatic heterocycles. The van der Waals surface area contributed by atoms with Crippen LogP contribution in [0, 0.1) is 11.3 Å². The van der Waals surface area contributed by atoms with E-state index in [9.17, 15) is 15.3 Å². The highest BCUT2D eigenvalue weighted by Gasteiger charge is 2.37. The Hall–Kier alpha value is -0.940. The molecular formula is C27H44O4. The van der Waals surface area contributed by atoms with Crippen molar-refractivity contribution in [3.8, 4) is 0 Å². The van der Waals surface area contributed by atoms with E-state index in [1.165, 1.54) is 44.1 Å². The fourth-order valence-corrected chi connectivity index (χ4v) is 5.60. The van der Waals surface area contributed by atoms with Crippen molar-refractivity contribution in [3.05, 3.63) is 35.5 Å². The average Bonchev–Trinajstić information content (AvgIpc) is 2.73. The molecule has 3 N–H and O–H groups in total. The molecule has 3 atom stereocenters. The van der Waals surface area contributed by atoms with Gasteiger partial charge in [-0.2, -0.15) is 0 Å². The van der Waals surface area contributed by atoms with Crippen molar-refractivity contribution < 1.29 is 20.1 Å². The zero-order valence-electron chi connectivity index (χ0n) is 19.6. The van der Waals surface area contributed by atoms with Crippen molar-refractivity contribution in [2.24, 2.45) is 11.3 Å². The number of aliphatic hydroxyl groups excluding tert-OH is 3. The Morgan fingerprint density at radius 3 is 2.35 bits per heavy atom. The van der Waals surface area contributed by atoms with Crippen LogP contribution in [0.5, 0.6) is 0 Å². The summed E-state index contributed by atoms with van der Waals surface area (Å²) in [4.78, 5) is 0. The van der Waals surface area contributed by atoms with E-state index in [2.05, 4.69) is 18.2 Å². The molecule has 3 fully saturated rings. The van der Waals surface area contributed by atoms with Crippen molar-refractivity contribution in [1.29, 1.82) is 0 Å². The number of hydrogen-bond acceptors (Lipinski definition) is 4. The van der Waals surface area contributed by atoms with E-state index in [4.69, 9.17) is 4.74 Å². The highest BCUT2D eigenvalue weighted by Crippen LogP contribution is 2.49. The Morgan fingerprint density at radius 1 is 1.00 bits per heavy atom. The molecule has 0 bridgehead atoms. The van der Waals surface area contributed by atoms with Crippen molar-refractivity contribution in [2.45, 2.75) is 115 Å². The van der Waals surface area contributed by atoms with E-state index in [1.54, 1.807) is 5.57 Å². The molecule has 4 nitrogen and oxygen atoms in total. The van der Waals surface area contributed by atoms with Gasteiger partial charge >= 0.3 is 0 Å². The molecular weight excluding hydrogens is 388 g/mol. The molecule has 4 heteroatoms. The van der Waals surface area contributed by atoms with Crippen LogP contribution in [0.15, 0.2) is 35.5 Å². The van der Waals surface area contributed by atoms with Gasteiger partial charge in [0, 0.05) is 0 Å². The van der Waals surface area contributed by atoms with Gasteiger partial charge in [0.2, 0.25) is 0 Å². The van der Waals surface area contributed by atoms with Gasteiger partial charge in [0.25, 0.3) is 0 Å². The maximum atomic E-state index is 9.90. The Labute approximate surface area is 189 Å². The summed E-state index contributed by atoms with van der Waals surface area (Å²) in [6.45, 7) is 4.74. The summed E-state index contributed by atoms with van der Waals surface area (Å²) in [6, 6.07) is 0. The number of ether oxygens (including phenoxy) is 1. The van der Waals surface area contributed by atoms with Crippen LogP contribution in [0.4, 0.5) is 0 Å². The van der Waals surface area contributed by atoms with Crippen LogP contribution in [0.3, 0.4) is 0 Å². The third-order valence-corrected chi connectivity index (χ3v) is 7.64. The smallest absolute Gasteiger partial charge is 0.0651 e. The topological polar surface area (TPSA) is 69.9 Å². The lowest BCUT2D eigenvalue weighted by Crippen LogP contribution is -2.33. The molecule has 176 valence electrons. The third kappa shape index (κ3) is 7.85. The first-order valence-corrected chi connectivity index (χ1v) is 12.5. The molecule has 0 aromatic carbocycles. The minimum atomic E-state index is -0.392. The minimum absolute atomic E-state index is 0.261. The molecule has 1 unspecified atom stereocenters. The third-order valence-electron chi connectivity index (χ3n) is 7.64. The Morgan fingerprint density at radius 2 is 1.68 bits per heavy atom. The Kier molecular flexibility index (Phi) is 9.39. The predicted molar refractivity (Wildman–Crippen MR) is 126 cm³/mol. The Bertz CT molecular complexity index is 628. The molecule has 3 aliphatic rings. The largest absolute Gasteiger partial charge is 0.393 e. The molecule has 3 saturated carbocycles. The summed E-state index contributed by atoms with van der Waals surface area (Å²) in [6.07, 6.45) is 20.3. The van der Waals surface area contributed by atoms with Gasteiger partial charge in [0.15, 0.2) is 0 Å². The highest BCUT2D eigenvalue weighted by atomic mass is 16.5. The van der Waals surface area contributed by atoms with Gasteiger partial charge in [0.05, 0.1) is 31.0 Å². The predicted octanol–water partition coefficient (Wildman–Crippen LogP) is 5.23. The van der Waals surface area contributed by atoms with Crippen molar-refractivity contribution in [1.82, 2.24) is 0 Å². The van der Waals surface area contributed by atoms with Crippen molar-refractivity contribution in [3.63, 3.8) is 0 Å². The second-order valence-electron chi connectivity index (χ2n) is 10.7. The quantitative estimate of drug-likeness (QED) is 0.482. The van der Waals surface area contributed by atoms with Crippen molar-refractivity contribution >= 4 is 0 Å². The second kappa shape index (κ2) is 11.8. The van der Waals surface area contributed by atoms with E-state index in [0.29, 0.717) is 49.7 Å². The standard InChI is InChI=1S/C27H44O4/c1-20(2)26(30)7-3-4-15-31-25-10-13-27(14-11-25)12-5-6-21(19-27)8-9-22-16-23(28)18-24(29)17-22/h3-4,8-9,20,23-26,28-30H,5-7,10-19H2,1-2H3/b4-3+,21-8+/t23-,24-,25?,26?,27?/m1/s1. The summed E-state index contributed by atoms with van der Waals surface area (Å²) in [5.74, 6) is 0.298. The summed E-state index contributed by atoms with van der Waals surface area (Å²) < 4.78 is 6.09. The summed E-state index contributed by atoms with van der Waals surface area (Å²) >= 11 is 0. The second-order valence-corrected chi connectivity index (χ2v) is 10.7. The zero-order valence-corrected chi connectivity index (χ0v) is 19.6.